The first-order chi connectivity index (χ1) is 8.97. The van der Waals surface area contributed by atoms with Gasteiger partial charge in [0.15, 0.2) is 0 Å². The van der Waals surface area contributed by atoms with E-state index in [1.54, 1.807) is 12.1 Å². The highest BCUT2D eigenvalue weighted by molar-refractivity contribution is 5.99. The van der Waals surface area contributed by atoms with Crippen LogP contribution in [0.1, 0.15) is 46.9 Å². The molecule has 2 atom stereocenters. The Morgan fingerprint density at radius 3 is 2.11 bits per heavy atom. The van der Waals surface area contributed by atoms with Crippen LogP contribution in [0.5, 0.6) is 0 Å². The van der Waals surface area contributed by atoms with Gasteiger partial charge in [-0.25, -0.2) is 0 Å². The van der Waals surface area contributed by atoms with E-state index < -0.39 is 11.8 Å². The number of hydrogen-bond donors (Lipinski definition) is 3. The molecule has 2 rings (SSSR count). The highest BCUT2D eigenvalue weighted by atomic mass is 16.1. The zero-order chi connectivity index (χ0) is 14.0. The van der Waals surface area contributed by atoms with Crippen molar-refractivity contribution >= 4 is 17.5 Å². The minimum Gasteiger partial charge on any atom is -0.382 e. The second kappa shape index (κ2) is 5.30. The van der Waals surface area contributed by atoms with Gasteiger partial charge in [-0.05, 0) is 37.0 Å². The first kappa shape index (κ1) is 13.4. The van der Waals surface area contributed by atoms with E-state index in [1.165, 1.54) is 18.9 Å². The standard InChI is InChI=1S/C14H19N3O2/c1-8-3-2-4-12(8)17-11-6-9(13(15)18)5-10(7-11)14(16)19/h5-8,12,17H,2-4H2,1H3,(H2,15,18)(H2,16,19). The molecule has 1 aromatic rings. The summed E-state index contributed by atoms with van der Waals surface area (Å²) in [6.45, 7) is 2.19. The van der Waals surface area contributed by atoms with Crippen molar-refractivity contribution < 1.29 is 9.59 Å². The smallest absolute Gasteiger partial charge is 0.248 e. The summed E-state index contributed by atoms with van der Waals surface area (Å²) in [7, 11) is 0. The second-order valence-electron chi connectivity index (χ2n) is 5.19. The van der Waals surface area contributed by atoms with Gasteiger partial charge in [0.1, 0.15) is 0 Å². The van der Waals surface area contributed by atoms with Crippen molar-refractivity contribution in [3.63, 3.8) is 0 Å². The van der Waals surface area contributed by atoms with Crippen LogP contribution in [0.2, 0.25) is 0 Å². The van der Waals surface area contributed by atoms with Gasteiger partial charge in [-0.1, -0.05) is 13.3 Å². The molecule has 1 aliphatic carbocycles. The van der Waals surface area contributed by atoms with Crippen molar-refractivity contribution in [1.82, 2.24) is 0 Å². The number of hydrogen-bond acceptors (Lipinski definition) is 3. The summed E-state index contributed by atoms with van der Waals surface area (Å²) in [5.74, 6) is -0.550. The van der Waals surface area contributed by atoms with Crippen molar-refractivity contribution in [1.29, 1.82) is 0 Å². The Kier molecular flexibility index (Phi) is 3.74. The monoisotopic (exact) mass is 261 g/mol. The Morgan fingerprint density at radius 1 is 1.11 bits per heavy atom. The minimum atomic E-state index is -0.564. The molecule has 5 N–H and O–H groups in total. The largest absolute Gasteiger partial charge is 0.382 e. The maximum absolute atomic E-state index is 11.3. The maximum Gasteiger partial charge on any atom is 0.248 e. The number of anilines is 1. The van der Waals surface area contributed by atoms with Crippen LogP contribution in [-0.4, -0.2) is 17.9 Å². The zero-order valence-electron chi connectivity index (χ0n) is 11.0. The Hall–Kier alpha value is -2.04. The van der Waals surface area contributed by atoms with Gasteiger partial charge in [0, 0.05) is 22.9 Å². The zero-order valence-corrected chi connectivity index (χ0v) is 11.0. The SMILES string of the molecule is CC1CCCC1Nc1cc(C(N)=O)cc(C(N)=O)c1. The summed E-state index contributed by atoms with van der Waals surface area (Å²) in [4.78, 5) is 22.5. The van der Waals surface area contributed by atoms with E-state index in [9.17, 15) is 9.59 Å². The first-order valence-electron chi connectivity index (χ1n) is 6.48. The molecule has 5 heteroatoms. The van der Waals surface area contributed by atoms with E-state index in [-0.39, 0.29) is 0 Å². The Labute approximate surface area is 112 Å². The van der Waals surface area contributed by atoms with Crippen molar-refractivity contribution in [2.75, 3.05) is 5.32 Å². The molecule has 1 saturated carbocycles. The molecular formula is C14H19N3O2. The van der Waals surface area contributed by atoms with Crippen LogP contribution in [0.15, 0.2) is 18.2 Å². The average molecular weight is 261 g/mol. The molecule has 1 fully saturated rings. The first-order valence-corrected chi connectivity index (χ1v) is 6.48. The summed E-state index contributed by atoms with van der Waals surface area (Å²) < 4.78 is 0. The van der Waals surface area contributed by atoms with E-state index in [0.717, 1.165) is 12.1 Å². The molecule has 19 heavy (non-hydrogen) atoms. The Morgan fingerprint density at radius 2 is 1.68 bits per heavy atom. The summed E-state index contributed by atoms with van der Waals surface area (Å²) in [6, 6.07) is 5.12. The van der Waals surface area contributed by atoms with Gasteiger partial charge in [0.2, 0.25) is 11.8 Å². The van der Waals surface area contributed by atoms with Crippen molar-refractivity contribution in [2.24, 2.45) is 17.4 Å². The summed E-state index contributed by atoms with van der Waals surface area (Å²) in [5, 5.41) is 3.37. The fourth-order valence-corrected chi connectivity index (χ4v) is 2.57. The Balaban J connectivity index is 2.28. The molecule has 1 aromatic carbocycles. The molecule has 0 heterocycles. The fourth-order valence-electron chi connectivity index (χ4n) is 2.57. The molecule has 102 valence electrons. The number of nitrogens with one attached hydrogen (secondary N) is 1. The molecule has 2 unspecified atom stereocenters. The van der Waals surface area contributed by atoms with Crippen LogP contribution in [0, 0.1) is 5.92 Å². The van der Waals surface area contributed by atoms with Crippen LogP contribution in [-0.2, 0) is 0 Å². The lowest BCUT2D eigenvalue weighted by atomic mass is 10.0. The molecule has 0 aliphatic heterocycles. The lowest BCUT2D eigenvalue weighted by molar-refractivity contribution is 0.0999. The van der Waals surface area contributed by atoms with Crippen LogP contribution in [0.3, 0.4) is 0 Å². The summed E-state index contributed by atoms with van der Waals surface area (Å²) >= 11 is 0. The predicted molar refractivity (Wildman–Crippen MR) is 73.9 cm³/mol. The van der Waals surface area contributed by atoms with Crippen molar-refractivity contribution in [3.8, 4) is 0 Å². The highest BCUT2D eigenvalue weighted by Gasteiger charge is 2.23. The second-order valence-corrected chi connectivity index (χ2v) is 5.19. The third kappa shape index (κ3) is 3.05. The lowest BCUT2D eigenvalue weighted by Crippen LogP contribution is -2.23. The van der Waals surface area contributed by atoms with Gasteiger partial charge in [-0.2, -0.15) is 0 Å². The fraction of sp³-hybridized carbons (Fsp3) is 0.429. The van der Waals surface area contributed by atoms with E-state index >= 15 is 0 Å². The molecule has 0 saturated heterocycles. The number of carbonyl (C=O) groups is 2. The molecule has 2 amide bonds. The van der Waals surface area contributed by atoms with Crippen LogP contribution < -0.4 is 16.8 Å². The molecular weight excluding hydrogens is 242 g/mol. The number of rotatable bonds is 4. The number of nitrogens with two attached hydrogens (primary N) is 2. The molecule has 0 aromatic heterocycles. The van der Waals surface area contributed by atoms with Gasteiger partial charge in [-0.3, -0.25) is 9.59 Å². The van der Waals surface area contributed by atoms with Crippen molar-refractivity contribution in [3.05, 3.63) is 29.3 Å². The molecule has 0 radical (unpaired) electrons. The topological polar surface area (TPSA) is 98.2 Å². The van der Waals surface area contributed by atoms with Gasteiger partial charge < -0.3 is 16.8 Å². The van der Waals surface area contributed by atoms with E-state index in [4.69, 9.17) is 11.5 Å². The minimum absolute atomic E-state index is 0.296. The molecule has 5 nitrogen and oxygen atoms in total. The quantitative estimate of drug-likeness (QED) is 0.765. The number of carbonyl (C=O) groups excluding carboxylic acids is 2. The lowest BCUT2D eigenvalue weighted by Gasteiger charge is -2.19. The van der Waals surface area contributed by atoms with E-state index in [1.807, 2.05) is 0 Å². The third-order valence-corrected chi connectivity index (χ3v) is 3.72. The Bertz CT molecular complexity index is 481. The molecule has 1 aliphatic rings. The van der Waals surface area contributed by atoms with Crippen molar-refractivity contribution in [2.45, 2.75) is 32.2 Å². The normalized spacial score (nSPS) is 22.2. The highest BCUT2D eigenvalue weighted by Crippen LogP contribution is 2.28. The number of primary amides is 2. The van der Waals surface area contributed by atoms with Gasteiger partial charge in [-0.15, -0.1) is 0 Å². The summed E-state index contributed by atoms with van der Waals surface area (Å²) in [6.07, 6.45) is 3.47. The average Bonchev–Trinajstić information content (AvgIpc) is 2.74. The van der Waals surface area contributed by atoms with E-state index in [0.29, 0.717) is 23.1 Å². The van der Waals surface area contributed by atoms with Crippen LogP contribution >= 0.6 is 0 Å². The van der Waals surface area contributed by atoms with Gasteiger partial charge >= 0.3 is 0 Å². The van der Waals surface area contributed by atoms with Crippen LogP contribution in [0.25, 0.3) is 0 Å². The van der Waals surface area contributed by atoms with E-state index in [2.05, 4.69) is 12.2 Å². The number of amides is 2. The summed E-state index contributed by atoms with van der Waals surface area (Å²) in [5.41, 5.74) is 11.9. The number of benzene rings is 1. The van der Waals surface area contributed by atoms with Gasteiger partial charge in [0.05, 0.1) is 0 Å². The molecule has 0 spiro atoms. The molecule has 0 bridgehead atoms. The van der Waals surface area contributed by atoms with Crippen LogP contribution in [0.4, 0.5) is 5.69 Å². The predicted octanol–water partition coefficient (Wildman–Crippen LogP) is 1.48. The van der Waals surface area contributed by atoms with Gasteiger partial charge in [0.25, 0.3) is 0 Å². The maximum atomic E-state index is 11.3. The third-order valence-electron chi connectivity index (χ3n) is 3.72.